The molecule has 0 aromatic carbocycles. The molecule has 2 aromatic heterocycles. The van der Waals surface area contributed by atoms with Crippen LogP contribution >= 0.6 is 15.9 Å². The Morgan fingerprint density at radius 3 is 2.81 bits per heavy atom. The molecule has 0 amide bonds. The Labute approximate surface area is 102 Å². The number of anilines is 1. The monoisotopic (exact) mass is 281 g/mol. The first-order chi connectivity index (χ1) is 7.65. The minimum absolute atomic E-state index is 0.686. The molecule has 2 aromatic rings. The number of rotatable bonds is 3. The molecule has 5 heteroatoms. The lowest BCUT2D eigenvalue weighted by Crippen LogP contribution is -2.17. The zero-order valence-electron chi connectivity index (χ0n) is 9.14. The maximum atomic E-state index is 5.02. The van der Waals surface area contributed by atoms with E-state index in [-0.39, 0.29) is 0 Å². The first-order valence-corrected chi connectivity index (χ1v) is 5.69. The summed E-state index contributed by atoms with van der Waals surface area (Å²) in [6, 6.07) is 5.85. The molecular weight excluding hydrogens is 270 g/mol. The van der Waals surface area contributed by atoms with Gasteiger partial charge < -0.3 is 9.42 Å². The Balaban J connectivity index is 2.08. The second-order valence-corrected chi connectivity index (χ2v) is 4.54. The molecule has 2 rings (SSSR count). The molecule has 16 heavy (non-hydrogen) atoms. The predicted molar refractivity (Wildman–Crippen MR) is 65.3 cm³/mol. The summed E-state index contributed by atoms with van der Waals surface area (Å²) in [4.78, 5) is 6.32. The van der Waals surface area contributed by atoms with Crippen LogP contribution in [0.25, 0.3) is 0 Å². The van der Waals surface area contributed by atoms with Crippen molar-refractivity contribution >= 4 is 21.7 Å². The van der Waals surface area contributed by atoms with Gasteiger partial charge in [-0.3, -0.25) is 0 Å². The van der Waals surface area contributed by atoms with E-state index in [1.54, 1.807) is 6.20 Å². The number of nitrogens with zero attached hydrogens (tertiary/aromatic N) is 3. The molecule has 0 saturated heterocycles. The third-order valence-electron chi connectivity index (χ3n) is 2.18. The summed E-state index contributed by atoms with van der Waals surface area (Å²) in [6.45, 7) is 2.57. The maximum Gasteiger partial charge on any atom is 0.133 e. The normalized spacial score (nSPS) is 10.4. The van der Waals surface area contributed by atoms with Crippen LogP contribution in [0.2, 0.25) is 0 Å². The van der Waals surface area contributed by atoms with Gasteiger partial charge in [0.05, 0.1) is 6.54 Å². The van der Waals surface area contributed by atoms with Crippen LogP contribution in [-0.2, 0) is 6.54 Å². The van der Waals surface area contributed by atoms with Gasteiger partial charge in [-0.1, -0.05) is 5.16 Å². The minimum atomic E-state index is 0.686. The number of halogens is 1. The van der Waals surface area contributed by atoms with Crippen molar-refractivity contribution in [3.05, 3.63) is 40.3 Å². The van der Waals surface area contributed by atoms with E-state index >= 15 is 0 Å². The van der Waals surface area contributed by atoms with Gasteiger partial charge in [0, 0.05) is 23.8 Å². The summed E-state index contributed by atoms with van der Waals surface area (Å²) in [6.07, 6.45) is 1.78. The third kappa shape index (κ3) is 2.61. The van der Waals surface area contributed by atoms with E-state index in [0.29, 0.717) is 6.54 Å². The van der Waals surface area contributed by atoms with E-state index in [1.807, 2.05) is 37.1 Å². The fourth-order valence-electron chi connectivity index (χ4n) is 1.41. The standard InChI is InChI=1S/C11H12BrN3O/c1-8-5-10(14-16-8)7-15(2)11-4-3-9(12)6-13-11/h3-6H,7H2,1-2H3. The van der Waals surface area contributed by atoms with Crippen molar-refractivity contribution in [2.75, 3.05) is 11.9 Å². The van der Waals surface area contributed by atoms with Crippen molar-refractivity contribution in [1.29, 1.82) is 0 Å². The minimum Gasteiger partial charge on any atom is -0.361 e. The Kier molecular flexibility index (Phi) is 3.24. The molecule has 0 unspecified atom stereocenters. The number of hydrogen-bond donors (Lipinski definition) is 0. The highest BCUT2D eigenvalue weighted by Crippen LogP contribution is 2.15. The second kappa shape index (κ2) is 4.65. The molecule has 0 fully saturated rings. The van der Waals surface area contributed by atoms with E-state index in [4.69, 9.17) is 4.52 Å². The van der Waals surface area contributed by atoms with Gasteiger partial charge in [0.2, 0.25) is 0 Å². The summed E-state index contributed by atoms with van der Waals surface area (Å²) < 4.78 is 5.99. The molecular formula is C11H12BrN3O. The number of aromatic nitrogens is 2. The van der Waals surface area contributed by atoms with Gasteiger partial charge in [0.1, 0.15) is 17.3 Å². The molecule has 4 nitrogen and oxygen atoms in total. The van der Waals surface area contributed by atoms with Crippen LogP contribution in [0.1, 0.15) is 11.5 Å². The molecule has 0 aliphatic carbocycles. The zero-order valence-corrected chi connectivity index (χ0v) is 10.7. The maximum absolute atomic E-state index is 5.02. The molecule has 0 aliphatic rings. The molecule has 0 saturated carbocycles. The van der Waals surface area contributed by atoms with Crippen LogP contribution in [-0.4, -0.2) is 17.2 Å². The average molecular weight is 282 g/mol. The first kappa shape index (κ1) is 11.1. The number of hydrogen-bond acceptors (Lipinski definition) is 4. The average Bonchev–Trinajstić information content (AvgIpc) is 2.65. The van der Waals surface area contributed by atoms with Gasteiger partial charge >= 0.3 is 0 Å². The smallest absolute Gasteiger partial charge is 0.133 e. The molecule has 0 N–H and O–H groups in total. The molecule has 0 radical (unpaired) electrons. The number of pyridine rings is 1. The summed E-state index contributed by atoms with van der Waals surface area (Å²) in [5, 5.41) is 3.95. The quantitative estimate of drug-likeness (QED) is 0.868. The summed E-state index contributed by atoms with van der Waals surface area (Å²) in [5.41, 5.74) is 0.907. The van der Waals surface area contributed by atoms with Crippen LogP contribution in [0.15, 0.2) is 33.4 Å². The molecule has 0 spiro atoms. The van der Waals surface area contributed by atoms with Crippen molar-refractivity contribution in [1.82, 2.24) is 10.1 Å². The van der Waals surface area contributed by atoms with Crippen molar-refractivity contribution in [3.8, 4) is 0 Å². The lowest BCUT2D eigenvalue weighted by atomic mass is 10.3. The number of aryl methyl sites for hydroxylation is 1. The van der Waals surface area contributed by atoms with E-state index in [0.717, 1.165) is 21.7 Å². The van der Waals surface area contributed by atoms with Gasteiger partial charge in [-0.2, -0.15) is 0 Å². The van der Waals surface area contributed by atoms with Crippen LogP contribution < -0.4 is 4.90 Å². The van der Waals surface area contributed by atoms with Crippen LogP contribution in [0, 0.1) is 6.92 Å². The highest BCUT2D eigenvalue weighted by molar-refractivity contribution is 9.10. The van der Waals surface area contributed by atoms with E-state index in [9.17, 15) is 0 Å². The molecule has 0 aliphatic heterocycles. The van der Waals surface area contributed by atoms with Crippen molar-refractivity contribution in [3.63, 3.8) is 0 Å². The summed E-state index contributed by atoms with van der Waals surface area (Å²) in [5.74, 6) is 1.73. The molecule has 0 atom stereocenters. The van der Waals surface area contributed by atoms with Crippen LogP contribution in [0.3, 0.4) is 0 Å². The van der Waals surface area contributed by atoms with Gasteiger partial charge in [0.25, 0.3) is 0 Å². The van der Waals surface area contributed by atoms with E-state index < -0.39 is 0 Å². The SMILES string of the molecule is Cc1cc(CN(C)c2ccc(Br)cn2)no1. The largest absolute Gasteiger partial charge is 0.361 e. The van der Waals surface area contributed by atoms with Gasteiger partial charge in [0.15, 0.2) is 0 Å². The highest BCUT2D eigenvalue weighted by atomic mass is 79.9. The summed E-state index contributed by atoms with van der Waals surface area (Å²) >= 11 is 3.36. The van der Waals surface area contributed by atoms with Crippen LogP contribution in [0.4, 0.5) is 5.82 Å². The highest BCUT2D eigenvalue weighted by Gasteiger charge is 2.06. The fourth-order valence-corrected chi connectivity index (χ4v) is 1.64. The molecule has 2 heterocycles. The second-order valence-electron chi connectivity index (χ2n) is 3.62. The molecule has 84 valence electrons. The van der Waals surface area contributed by atoms with Gasteiger partial charge in [-0.25, -0.2) is 4.98 Å². The van der Waals surface area contributed by atoms with Gasteiger partial charge in [-0.15, -0.1) is 0 Å². The Hall–Kier alpha value is -1.36. The van der Waals surface area contributed by atoms with Crippen molar-refractivity contribution in [2.24, 2.45) is 0 Å². The van der Waals surface area contributed by atoms with Gasteiger partial charge in [-0.05, 0) is 35.0 Å². The Morgan fingerprint density at radius 1 is 1.44 bits per heavy atom. The summed E-state index contributed by atoms with van der Waals surface area (Å²) in [7, 11) is 1.97. The predicted octanol–water partition coefficient (Wildman–Crippen LogP) is 2.78. The van der Waals surface area contributed by atoms with E-state index in [1.165, 1.54) is 0 Å². The Morgan fingerprint density at radius 2 is 2.25 bits per heavy atom. The van der Waals surface area contributed by atoms with Crippen molar-refractivity contribution in [2.45, 2.75) is 13.5 Å². The third-order valence-corrected chi connectivity index (χ3v) is 2.65. The molecule has 0 bridgehead atoms. The first-order valence-electron chi connectivity index (χ1n) is 4.90. The lowest BCUT2D eigenvalue weighted by Gasteiger charge is -2.16. The topological polar surface area (TPSA) is 42.2 Å². The van der Waals surface area contributed by atoms with E-state index in [2.05, 4.69) is 26.1 Å². The van der Waals surface area contributed by atoms with Crippen LogP contribution in [0.5, 0.6) is 0 Å². The zero-order chi connectivity index (χ0) is 11.5. The van der Waals surface area contributed by atoms with Crippen molar-refractivity contribution < 1.29 is 4.52 Å². The Bertz CT molecular complexity index is 466. The lowest BCUT2D eigenvalue weighted by molar-refractivity contribution is 0.390. The fraction of sp³-hybridized carbons (Fsp3) is 0.273.